The van der Waals surface area contributed by atoms with Crippen molar-refractivity contribution in [3.63, 3.8) is 0 Å². The summed E-state index contributed by atoms with van der Waals surface area (Å²) in [5, 5.41) is 5.16. The third-order valence-electron chi connectivity index (χ3n) is 5.22. The van der Waals surface area contributed by atoms with E-state index in [2.05, 4.69) is 10.3 Å². The molecule has 4 rings (SSSR count). The Kier molecular flexibility index (Phi) is 5.73. The fraction of sp³-hybridized carbons (Fsp3) is 0.273. The van der Waals surface area contributed by atoms with E-state index >= 15 is 0 Å². The Labute approximate surface area is 180 Å². The first-order valence-electron chi connectivity index (χ1n) is 9.76. The van der Waals surface area contributed by atoms with Gasteiger partial charge in [0.15, 0.2) is 5.13 Å². The molecular weight excluding hydrogens is 418 g/mol. The summed E-state index contributed by atoms with van der Waals surface area (Å²) in [4.78, 5) is 17.6. The molecule has 1 amide bonds. The molecule has 1 saturated heterocycles. The predicted molar refractivity (Wildman–Crippen MR) is 119 cm³/mol. The van der Waals surface area contributed by atoms with Crippen LogP contribution in [0, 0.1) is 13.8 Å². The van der Waals surface area contributed by atoms with Crippen LogP contribution in [0.4, 0.5) is 5.13 Å². The highest BCUT2D eigenvalue weighted by molar-refractivity contribution is 7.89. The first-order chi connectivity index (χ1) is 14.3. The van der Waals surface area contributed by atoms with Crippen LogP contribution in [0.2, 0.25) is 0 Å². The fourth-order valence-electron chi connectivity index (χ4n) is 3.51. The van der Waals surface area contributed by atoms with E-state index in [1.54, 1.807) is 24.3 Å². The van der Waals surface area contributed by atoms with E-state index in [-0.39, 0.29) is 10.8 Å². The van der Waals surface area contributed by atoms with Crippen LogP contribution in [0.3, 0.4) is 0 Å². The van der Waals surface area contributed by atoms with Crippen molar-refractivity contribution >= 4 is 32.4 Å². The van der Waals surface area contributed by atoms with Crippen molar-refractivity contribution in [1.82, 2.24) is 9.29 Å². The number of sulfonamides is 1. The molecule has 156 valence electrons. The smallest absolute Gasteiger partial charge is 0.244 e. The van der Waals surface area contributed by atoms with Gasteiger partial charge in [0.05, 0.1) is 10.6 Å². The molecule has 0 aliphatic carbocycles. The van der Waals surface area contributed by atoms with Gasteiger partial charge in [0.1, 0.15) is 6.04 Å². The monoisotopic (exact) mass is 441 g/mol. The number of carbonyl (C=O) groups is 1. The van der Waals surface area contributed by atoms with Crippen molar-refractivity contribution < 1.29 is 13.2 Å². The number of anilines is 1. The summed E-state index contributed by atoms with van der Waals surface area (Å²) in [6, 6.07) is 14.0. The van der Waals surface area contributed by atoms with Gasteiger partial charge < -0.3 is 5.32 Å². The van der Waals surface area contributed by atoms with Crippen molar-refractivity contribution in [2.45, 2.75) is 37.6 Å². The Balaban J connectivity index is 1.50. The maximum Gasteiger partial charge on any atom is 0.244 e. The summed E-state index contributed by atoms with van der Waals surface area (Å²) < 4.78 is 27.4. The van der Waals surface area contributed by atoms with E-state index in [0.29, 0.717) is 24.5 Å². The van der Waals surface area contributed by atoms with Gasteiger partial charge in [-0.15, -0.1) is 11.3 Å². The lowest BCUT2D eigenvalue weighted by Gasteiger charge is -2.23. The van der Waals surface area contributed by atoms with Crippen LogP contribution in [0.15, 0.2) is 58.8 Å². The van der Waals surface area contributed by atoms with Gasteiger partial charge in [-0.25, -0.2) is 13.4 Å². The number of hydrogen-bond acceptors (Lipinski definition) is 5. The summed E-state index contributed by atoms with van der Waals surface area (Å²) in [6.07, 6.45) is 1.14. The molecule has 6 nitrogen and oxygen atoms in total. The lowest BCUT2D eigenvalue weighted by atomic mass is 10.1. The Morgan fingerprint density at radius 2 is 1.70 bits per heavy atom. The molecule has 1 N–H and O–H groups in total. The van der Waals surface area contributed by atoms with Crippen LogP contribution in [0.5, 0.6) is 0 Å². The molecule has 0 spiro atoms. The Bertz CT molecular complexity index is 1150. The second-order valence-corrected chi connectivity index (χ2v) is 10.2. The van der Waals surface area contributed by atoms with Crippen LogP contribution in [-0.2, 0) is 14.8 Å². The second-order valence-electron chi connectivity index (χ2n) is 7.48. The summed E-state index contributed by atoms with van der Waals surface area (Å²) >= 11 is 1.33. The van der Waals surface area contributed by atoms with E-state index in [0.717, 1.165) is 16.8 Å². The minimum atomic E-state index is -3.73. The normalized spacial score (nSPS) is 17.2. The maximum absolute atomic E-state index is 13.1. The van der Waals surface area contributed by atoms with Crippen LogP contribution in [0.25, 0.3) is 11.3 Å². The van der Waals surface area contributed by atoms with Gasteiger partial charge in [-0.1, -0.05) is 47.5 Å². The van der Waals surface area contributed by atoms with Gasteiger partial charge >= 0.3 is 0 Å². The quantitative estimate of drug-likeness (QED) is 0.643. The molecule has 30 heavy (non-hydrogen) atoms. The number of benzene rings is 2. The number of hydrogen-bond donors (Lipinski definition) is 1. The Morgan fingerprint density at radius 1 is 1.07 bits per heavy atom. The summed E-state index contributed by atoms with van der Waals surface area (Å²) in [7, 11) is -3.73. The first-order valence-corrected chi connectivity index (χ1v) is 12.1. The van der Waals surface area contributed by atoms with Gasteiger partial charge in [-0.2, -0.15) is 4.31 Å². The summed E-state index contributed by atoms with van der Waals surface area (Å²) in [5.41, 5.74) is 3.91. The molecule has 1 aliphatic rings. The van der Waals surface area contributed by atoms with Gasteiger partial charge in [0, 0.05) is 17.5 Å². The molecule has 1 atom stereocenters. The van der Waals surface area contributed by atoms with Crippen LogP contribution in [-0.4, -0.2) is 36.2 Å². The van der Waals surface area contributed by atoms with Crippen molar-refractivity contribution in [3.05, 3.63) is 65.0 Å². The topological polar surface area (TPSA) is 79.4 Å². The molecule has 2 heterocycles. The zero-order valence-electron chi connectivity index (χ0n) is 16.8. The highest BCUT2D eigenvalue weighted by Crippen LogP contribution is 2.29. The number of rotatable bonds is 5. The van der Waals surface area contributed by atoms with Crippen LogP contribution < -0.4 is 5.32 Å². The molecule has 2 aromatic carbocycles. The van der Waals surface area contributed by atoms with Gasteiger partial charge in [0.2, 0.25) is 15.9 Å². The maximum atomic E-state index is 13.1. The number of aryl methyl sites for hydroxylation is 2. The van der Waals surface area contributed by atoms with E-state index in [1.807, 2.05) is 43.5 Å². The highest BCUT2D eigenvalue weighted by Gasteiger charge is 2.39. The van der Waals surface area contributed by atoms with E-state index in [4.69, 9.17) is 0 Å². The fourth-order valence-corrected chi connectivity index (χ4v) is 5.89. The average molecular weight is 442 g/mol. The molecule has 1 aromatic heterocycles. The largest absolute Gasteiger partial charge is 0.301 e. The first kappa shape index (κ1) is 20.7. The number of nitrogens with one attached hydrogen (secondary N) is 1. The number of thiazole rings is 1. The predicted octanol–water partition coefficient (Wildman–Crippen LogP) is 4.22. The molecular formula is C22H23N3O3S2. The van der Waals surface area contributed by atoms with Crippen LogP contribution >= 0.6 is 11.3 Å². The van der Waals surface area contributed by atoms with Crippen molar-refractivity contribution in [3.8, 4) is 11.3 Å². The lowest BCUT2D eigenvalue weighted by molar-refractivity contribution is -0.119. The third-order valence-corrected chi connectivity index (χ3v) is 7.90. The SMILES string of the molecule is Cc1ccc(-c2csc(NC(=O)[C@@H]3CCCN3S(=O)(=O)c3ccc(C)cc3)n2)cc1. The number of carbonyl (C=O) groups excluding carboxylic acids is 1. The van der Waals surface area contributed by atoms with Gasteiger partial charge in [-0.3, -0.25) is 4.79 Å². The number of aromatic nitrogens is 1. The van der Waals surface area contributed by atoms with Crippen molar-refractivity contribution in [1.29, 1.82) is 0 Å². The summed E-state index contributed by atoms with van der Waals surface area (Å²) in [6.45, 7) is 4.26. The molecule has 0 bridgehead atoms. The second kappa shape index (κ2) is 8.29. The molecule has 1 aliphatic heterocycles. The molecule has 8 heteroatoms. The number of amides is 1. The minimum Gasteiger partial charge on any atom is -0.301 e. The van der Waals surface area contributed by atoms with Gasteiger partial charge in [-0.05, 0) is 38.8 Å². The molecule has 3 aromatic rings. The molecule has 0 radical (unpaired) electrons. The summed E-state index contributed by atoms with van der Waals surface area (Å²) in [5.74, 6) is -0.340. The molecule has 1 fully saturated rings. The zero-order valence-corrected chi connectivity index (χ0v) is 18.5. The molecule has 0 unspecified atom stereocenters. The Morgan fingerprint density at radius 3 is 2.37 bits per heavy atom. The third kappa shape index (κ3) is 4.16. The lowest BCUT2D eigenvalue weighted by Crippen LogP contribution is -2.43. The molecule has 0 saturated carbocycles. The van der Waals surface area contributed by atoms with E-state index < -0.39 is 16.1 Å². The van der Waals surface area contributed by atoms with Crippen LogP contribution in [0.1, 0.15) is 24.0 Å². The van der Waals surface area contributed by atoms with E-state index in [1.165, 1.54) is 21.2 Å². The number of nitrogens with zero attached hydrogens (tertiary/aromatic N) is 2. The standard InChI is InChI=1S/C22H23N3O3S2/c1-15-5-9-17(10-6-15)19-14-29-22(23-19)24-21(26)20-4-3-13-25(20)30(27,28)18-11-7-16(2)8-12-18/h5-12,14,20H,3-4,13H2,1-2H3,(H,23,24,26)/t20-/m0/s1. The zero-order chi connectivity index (χ0) is 21.3. The Hall–Kier alpha value is -2.55. The van der Waals surface area contributed by atoms with E-state index in [9.17, 15) is 13.2 Å². The van der Waals surface area contributed by atoms with Crippen molar-refractivity contribution in [2.24, 2.45) is 0 Å². The highest BCUT2D eigenvalue weighted by atomic mass is 32.2. The minimum absolute atomic E-state index is 0.212. The van der Waals surface area contributed by atoms with Gasteiger partial charge in [0.25, 0.3) is 0 Å². The average Bonchev–Trinajstić information content (AvgIpc) is 3.39. The van der Waals surface area contributed by atoms with Crippen molar-refractivity contribution in [2.75, 3.05) is 11.9 Å².